The fourth-order valence-corrected chi connectivity index (χ4v) is 2.97. The lowest BCUT2D eigenvalue weighted by atomic mass is 10.2. The molecule has 0 unspecified atom stereocenters. The summed E-state index contributed by atoms with van der Waals surface area (Å²) in [5.41, 5.74) is 2.05. The molecule has 0 saturated heterocycles. The number of benzene rings is 2. The molecule has 6 heteroatoms. The SMILES string of the molecule is CCOc1ccc(Oc2cc(CNC(=O)c3ccc4ccccc4n3)ccn2)cc1. The molecule has 4 rings (SSSR count). The zero-order chi connectivity index (χ0) is 20.8. The Hall–Kier alpha value is -3.93. The van der Waals surface area contributed by atoms with Crippen LogP contribution in [-0.2, 0) is 6.54 Å². The van der Waals surface area contributed by atoms with Gasteiger partial charge < -0.3 is 14.8 Å². The minimum Gasteiger partial charge on any atom is -0.494 e. The van der Waals surface area contributed by atoms with Gasteiger partial charge in [-0.2, -0.15) is 0 Å². The van der Waals surface area contributed by atoms with E-state index < -0.39 is 0 Å². The van der Waals surface area contributed by atoms with Crippen LogP contribution in [0.3, 0.4) is 0 Å². The van der Waals surface area contributed by atoms with Crippen molar-refractivity contribution in [2.24, 2.45) is 0 Å². The standard InChI is InChI=1S/C24H21N3O3/c1-2-29-19-8-10-20(11-9-19)30-23-15-17(13-14-25-23)16-26-24(28)22-12-7-18-5-3-4-6-21(18)27-22/h3-15H,2,16H2,1H3,(H,26,28). The van der Waals surface area contributed by atoms with E-state index in [1.807, 2.05) is 67.6 Å². The van der Waals surface area contributed by atoms with E-state index in [1.165, 1.54) is 0 Å². The van der Waals surface area contributed by atoms with Gasteiger partial charge in [0.1, 0.15) is 17.2 Å². The third kappa shape index (κ3) is 4.72. The molecule has 2 heterocycles. The molecule has 0 fully saturated rings. The summed E-state index contributed by atoms with van der Waals surface area (Å²) in [5.74, 6) is 1.67. The lowest BCUT2D eigenvalue weighted by Gasteiger charge is -2.09. The average molecular weight is 399 g/mol. The number of carbonyl (C=O) groups is 1. The van der Waals surface area contributed by atoms with Gasteiger partial charge in [-0.25, -0.2) is 9.97 Å². The van der Waals surface area contributed by atoms with Gasteiger partial charge in [-0.1, -0.05) is 24.3 Å². The fourth-order valence-electron chi connectivity index (χ4n) is 2.97. The molecule has 0 bridgehead atoms. The first-order valence-electron chi connectivity index (χ1n) is 9.71. The highest BCUT2D eigenvalue weighted by molar-refractivity contribution is 5.94. The monoisotopic (exact) mass is 399 g/mol. The molecule has 0 aliphatic carbocycles. The predicted octanol–water partition coefficient (Wildman–Crippen LogP) is 4.75. The van der Waals surface area contributed by atoms with Crippen LogP contribution in [0.5, 0.6) is 17.4 Å². The van der Waals surface area contributed by atoms with Crippen molar-refractivity contribution in [2.75, 3.05) is 6.61 Å². The number of hydrogen-bond acceptors (Lipinski definition) is 5. The number of amides is 1. The second-order valence-electron chi connectivity index (χ2n) is 6.58. The molecule has 2 aromatic carbocycles. The summed E-state index contributed by atoms with van der Waals surface area (Å²) in [6.07, 6.45) is 1.65. The van der Waals surface area contributed by atoms with Crippen LogP contribution in [0.25, 0.3) is 10.9 Å². The van der Waals surface area contributed by atoms with E-state index in [0.29, 0.717) is 30.5 Å². The van der Waals surface area contributed by atoms with Crippen LogP contribution in [0.2, 0.25) is 0 Å². The van der Waals surface area contributed by atoms with Crippen molar-refractivity contribution in [2.45, 2.75) is 13.5 Å². The van der Waals surface area contributed by atoms with Gasteiger partial charge in [-0.15, -0.1) is 0 Å². The zero-order valence-corrected chi connectivity index (χ0v) is 16.5. The van der Waals surface area contributed by atoms with Crippen molar-refractivity contribution in [1.29, 1.82) is 0 Å². The molecule has 1 N–H and O–H groups in total. The van der Waals surface area contributed by atoms with E-state index in [4.69, 9.17) is 9.47 Å². The number of para-hydroxylation sites is 1. The highest BCUT2D eigenvalue weighted by atomic mass is 16.5. The topological polar surface area (TPSA) is 73.3 Å². The first-order chi connectivity index (χ1) is 14.7. The number of carbonyl (C=O) groups excluding carboxylic acids is 1. The van der Waals surface area contributed by atoms with Crippen molar-refractivity contribution in [3.05, 3.63) is 90.3 Å². The average Bonchev–Trinajstić information content (AvgIpc) is 2.79. The first kappa shape index (κ1) is 19.4. The number of rotatable bonds is 7. The van der Waals surface area contributed by atoms with E-state index >= 15 is 0 Å². The number of hydrogen-bond donors (Lipinski definition) is 1. The summed E-state index contributed by atoms with van der Waals surface area (Å²) in [6, 6.07) is 22.3. The van der Waals surface area contributed by atoms with Gasteiger partial charge in [0.2, 0.25) is 5.88 Å². The quantitative estimate of drug-likeness (QED) is 0.485. The molecule has 1 amide bonds. The van der Waals surface area contributed by atoms with Crippen LogP contribution >= 0.6 is 0 Å². The summed E-state index contributed by atoms with van der Waals surface area (Å²) in [6.45, 7) is 2.90. The Bertz CT molecular complexity index is 1160. The molecule has 0 aliphatic rings. The molecular formula is C24H21N3O3. The number of ether oxygens (including phenoxy) is 2. The minimum atomic E-state index is -0.230. The first-order valence-corrected chi connectivity index (χ1v) is 9.71. The predicted molar refractivity (Wildman–Crippen MR) is 115 cm³/mol. The van der Waals surface area contributed by atoms with Gasteiger partial charge in [0, 0.05) is 24.2 Å². The molecule has 0 spiro atoms. The van der Waals surface area contributed by atoms with E-state index in [9.17, 15) is 4.79 Å². The molecule has 0 radical (unpaired) electrons. The van der Waals surface area contributed by atoms with E-state index in [-0.39, 0.29) is 5.91 Å². The molecule has 150 valence electrons. The van der Waals surface area contributed by atoms with Crippen LogP contribution in [0, 0.1) is 0 Å². The van der Waals surface area contributed by atoms with Gasteiger partial charge in [0.05, 0.1) is 12.1 Å². The Morgan fingerprint density at radius 3 is 2.60 bits per heavy atom. The van der Waals surface area contributed by atoms with Gasteiger partial charge in [0.15, 0.2) is 0 Å². The third-order valence-corrected chi connectivity index (χ3v) is 4.44. The zero-order valence-electron chi connectivity index (χ0n) is 16.5. The van der Waals surface area contributed by atoms with Crippen LogP contribution < -0.4 is 14.8 Å². The van der Waals surface area contributed by atoms with Crippen LogP contribution in [-0.4, -0.2) is 22.5 Å². The second kappa shape index (κ2) is 9.05. The normalized spacial score (nSPS) is 10.6. The summed E-state index contributed by atoms with van der Waals surface area (Å²) in [5, 5.41) is 3.89. The molecule has 2 aromatic heterocycles. The number of nitrogens with one attached hydrogen (secondary N) is 1. The Morgan fingerprint density at radius 2 is 1.77 bits per heavy atom. The maximum atomic E-state index is 12.5. The lowest BCUT2D eigenvalue weighted by molar-refractivity contribution is 0.0946. The van der Waals surface area contributed by atoms with Crippen molar-refractivity contribution >= 4 is 16.8 Å². The number of fused-ring (bicyclic) bond motifs is 1. The summed E-state index contributed by atoms with van der Waals surface area (Å²) in [4.78, 5) is 21.1. The van der Waals surface area contributed by atoms with Crippen molar-refractivity contribution < 1.29 is 14.3 Å². The van der Waals surface area contributed by atoms with Gasteiger partial charge in [-0.3, -0.25) is 4.79 Å². The smallest absolute Gasteiger partial charge is 0.270 e. The molecule has 30 heavy (non-hydrogen) atoms. The molecule has 0 saturated carbocycles. The second-order valence-corrected chi connectivity index (χ2v) is 6.58. The fraction of sp³-hybridized carbons (Fsp3) is 0.125. The Labute approximate surface area is 174 Å². The van der Waals surface area contributed by atoms with E-state index in [2.05, 4.69) is 15.3 Å². The Morgan fingerprint density at radius 1 is 0.967 bits per heavy atom. The van der Waals surface area contributed by atoms with Crippen LogP contribution in [0.1, 0.15) is 23.0 Å². The summed E-state index contributed by atoms with van der Waals surface area (Å²) < 4.78 is 11.2. The van der Waals surface area contributed by atoms with Gasteiger partial charge >= 0.3 is 0 Å². The summed E-state index contributed by atoms with van der Waals surface area (Å²) in [7, 11) is 0. The van der Waals surface area contributed by atoms with E-state index in [1.54, 1.807) is 18.3 Å². The number of aromatic nitrogens is 2. The van der Waals surface area contributed by atoms with Crippen molar-refractivity contribution in [3.63, 3.8) is 0 Å². The third-order valence-electron chi connectivity index (χ3n) is 4.44. The molecule has 4 aromatic rings. The number of nitrogens with zero attached hydrogens (tertiary/aromatic N) is 2. The van der Waals surface area contributed by atoms with Crippen molar-refractivity contribution in [3.8, 4) is 17.4 Å². The van der Waals surface area contributed by atoms with Gasteiger partial charge in [0.25, 0.3) is 5.91 Å². The lowest BCUT2D eigenvalue weighted by Crippen LogP contribution is -2.23. The minimum absolute atomic E-state index is 0.230. The molecule has 6 nitrogen and oxygen atoms in total. The highest BCUT2D eigenvalue weighted by Gasteiger charge is 2.09. The van der Waals surface area contributed by atoms with Crippen LogP contribution in [0.4, 0.5) is 0 Å². The Balaban J connectivity index is 1.39. The van der Waals surface area contributed by atoms with E-state index in [0.717, 1.165) is 22.2 Å². The molecular weight excluding hydrogens is 378 g/mol. The van der Waals surface area contributed by atoms with Crippen molar-refractivity contribution in [1.82, 2.24) is 15.3 Å². The van der Waals surface area contributed by atoms with Gasteiger partial charge in [-0.05, 0) is 55.0 Å². The Kier molecular flexibility index (Phi) is 5.85. The summed E-state index contributed by atoms with van der Waals surface area (Å²) >= 11 is 0. The number of pyridine rings is 2. The maximum absolute atomic E-state index is 12.5. The highest BCUT2D eigenvalue weighted by Crippen LogP contribution is 2.23. The largest absolute Gasteiger partial charge is 0.494 e. The van der Waals surface area contributed by atoms with Crippen LogP contribution in [0.15, 0.2) is 79.0 Å². The molecule has 0 aliphatic heterocycles. The maximum Gasteiger partial charge on any atom is 0.270 e. The molecule has 0 atom stereocenters.